The SMILES string of the molecule is C1=CC2CCCC(C1)O2. The van der Waals surface area contributed by atoms with Crippen LogP contribution in [0.25, 0.3) is 0 Å². The first kappa shape index (κ1) is 5.48. The van der Waals surface area contributed by atoms with Crippen molar-refractivity contribution in [1.29, 1.82) is 0 Å². The van der Waals surface area contributed by atoms with Crippen molar-refractivity contribution >= 4 is 0 Å². The molecule has 0 N–H and O–H groups in total. The quantitative estimate of drug-likeness (QED) is 0.448. The van der Waals surface area contributed by atoms with Crippen molar-refractivity contribution in [2.75, 3.05) is 0 Å². The zero-order valence-electron chi connectivity index (χ0n) is 5.55. The molecular formula is C8H12O. The van der Waals surface area contributed by atoms with Crippen molar-refractivity contribution in [3.8, 4) is 0 Å². The summed E-state index contributed by atoms with van der Waals surface area (Å²) in [6.07, 6.45) is 10.5. The van der Waals surface area contributed by atoms with Crippen LogP contribution >= 0.6 is 0 Å². The van der Waals surface area contributed by atoms with Crippen LogP contribution in [0.1, 0.15) is 25.7 Å². The van der Waals surface area contributed by atoms with Crippen molar-refractivity contribution in [3.05, 3.63) is 12.2 Å². The summed E-state index contributed by atoms with van der Waals surface area (Å²) in [7, 11) is 0. The minimum Gasteiger partial charge on any atom is -0.371 e. The molecular weight excluding hydrogens is 112 g/mol. The van der Waals surface area contributed by atoms with E-state index in [4.69, 9.17) is 4.74 Å². The van der Waals surface area contributed by atoms with Crippen molar-refractivity contribution in [3.63, 3.8) is 0 Å². The van der Waals surface area contributed by atoms with E-state index in [2.05, 4.69) is 12.2 Å². The zero-order valence-corrected chi connectivity index (χ0v) is 5.55. The normalized spacial score (nSPS) is 40.9. The van der Waals surface area contributed by atoms with Gasteiger partial charge in [0.1, 0.15) is 0 Å². The Morgan fingerprint density at radius 1 is 1.33 bits per heavy atom. The van der Waals surface area contributed by atoms with Crippen LogP contribution in [0.5, 0.6) is 0 Å². The molecule has 2 unspecified atom stereocenters. The summed E-state index contributed by atoms with van der Waals surface area (Å²) < 4.78 is 5.64. The van der Waals surface area contributed by atoms with Gasteiger partial charge in [0.25, 0.3) is 0 Å². The molecule has 2 aliphatic rings. The molecule has 0 aromatic heterocycles. The largest absolute Gasteiger partial charge is 0.371 e. The zero-order chi connectivity index (χ0) is 6.10. The van der Waals surface area contributed by atoms with Crippen LogP contribution in [0, 0.1) is 0 Å². The smallest absolute Gasteiger partial charge is 0.0759 e. The third-order valence-electron chi connectivity index (χ3n) is 2.13. The molecule has 0 amide bonds. The molecule has 1 nitrogen and oxygen atoms in total. The summed E-state index contributed by atoms with van der Waals surface area (Å²) in [4.78, 5) is 0. The van der Waals surface area contributed by atoms with E-state index in [0.29, 0.717) is 12.2 Å². The average molecular weight is 124 g/mol. The Morgan fingerprint density at radius 2 is 2.33 bits per heavy atom. The molecule has 1 saturated heterocycles. The molecule has 50 valence electrons. The molecule has 0 aliphatic carbocycles. The fourth-order valence-electron chi connectivity index (χ4n) is 1.63. The molecule has 2 rings (SSSR count). The van der Waals surface area contributed by atoms with Gasteiger partial charge in [0, 0.05) is 0 Å². The van der Waals surface area contributed by atoms with Gasteiger partial charge in [-0.05, 0) is 25.7 Å². The summed E-state index contributed by atoms with van der Waals surface area (Å²) in [5.74, 6) is 0. The van der Waals surface area contributed by atoms with E-state index < -0.39 is 0 Å². The average Bonchev–Trinajstić information content (AvgIpc) is 1.88. The van der Waals surface area contributed by atoms with Gasteiger partial charge in [0.05, 0.1) is 12.2 Å². The lowest BCUT2D eigenvalue weighted by Gasteiger charge is -2.30. The maximum Gasteiger partial charge on any atom is 0.0759 e. The van der Waals surface area contributed by atoms with Crippen molar-refractivity contribution < 1.29 is 4.74 Å². The Balaban J connectivity index is 2.09. The monoisotopic (exact) mass is 124 g/mol. The molecule has 0 aromatic rings. The Labute approximate surface area is 55.7 Å². The summed E-state index contributed by atoms with van der Waals surface area (Å²) in [5.41, 5.74) is 0. The number of ether oxygens (including phenoxy) is 1. The lowest BCUT2D eigenvalue weighted by Crippen LogP contribution is -2.28. The topological polar surface area (TPSA) is 9.23 Å². The van der Waals surface area contributed by atoms with Gasteiger partial charge in [-0.25, -0.2) is 0 Å². The lowest BCUT2D eigenvalue weighted by molar-refractivity contribution is -0.0309. The minimum atomic E-state index is 0.470. The van der Waals surface area contributed by atoms with Gasteiger partial charge in [0.15, 0.2) is 0 Å². The Hall–Kier alpha value is -0.300. The van der Waals surface area contributed by atoms with Crippen LogP contribution < -0.4 is 0 Å². The van der Waals surface area contributed by atoms with Crippen molar-refractivity contribution in [2.24, 2.45) is 0 Å². The molecule has 2 aliphatic heterocycles. The molecule has 0 saturated carbocycles. The van der Waals surface area contributed by atoms with Gasteiger partial charge in [-0.15, -0.1) is 0 Å². The minimum absolute atomic E-state index is 0.470. The maximum absolute atomic E-state index is 5.64. The third kappa shape index (κ3) is 1.01. The molecule has 0 radical (unpaired) electrons. The predicted octanol–water partition coefficient (Wildman–Crippen LogP) is 1.88. The van der Waals surface area contributed by atoms with Gasteiger partial charge in [-0.2, -0.15) is 0 Å². The highest BCUT2D eigenvalue weighted by molar-refractivity contribution is 4.98. The van der Waals surface area contributed by atoms with Crippen LogP contribution in [0.2, 0.25) is 0 Å². The van der Waals surface area contributed by atoms with Crippen molar-refractivity contribution in [1.82, 2.24) is 0 Å². The van der Waals surface area contributed by atoms with Crippen molar-refractivity contribution in [2.45, 2.75) is 37.9 Å². The number of hydrogen-bond acceptors (Lipinski definition) is 1. The molecule has 2 heterocycles. The first-order valence-corrected chi connectivity index (χ1v) is 3.77. The van der Waals surface area contributed by atoms with Crippen LogP contribution in [-0.2, 0) is 4.74 Å². The first-order chi connectivity index (χ1) is 4.45. The molecule has 0 aromatic carbocycles. The second-order valence-corrected chi connectivity index (χ2v) is 2.89. The van der Waals surface area contributed by atoms with Crippen LogP contribution in [-0.4, -0.2) is 12.2 Å². The molecule has 1 heteroatoms. The lowest BCUT2D eigenvalue weighted by atomic mass is 9.97. The Kier molecular flexibility index (Phi) is 1.31. The molecule has 2 bridgehead atoms. The van der Waals surface area contributed by atoms with Gasteiger partial charge < -0.3 is 4.74 Å². The highest BCUT2D eigenvalue weighted by Gasteiger charge is 2.22. The van der Waals surface area contributed by atoms with Crippen LogP contribution in [0.4, 0.5) is 0 Å². The van der Waals surface area contributed by atoms with Gasteiger partial charge in [-0.3, -0.25) is 0 Å². The standard InChI is InChI=1S/C8H12O/c1-3-7-5-2-6-8(4-1)9-7/h1,3,7-8H,2,4-6H2. The van der Waals surface area contributed by atoms with E-state index in [1.807, 2.05) is 0 Å². The fourth-order valence-corrected chi connectivity index (χ4v) is 1.63. The number of hydrogen-bond donors (Lipinski definition) is 0. The fraction of sp³-hybridized carbons (Fsp3) is 0.750. The molecule has 2 atom stereocenters. The third-order valence-corrected chi connectivity index (χ3v) is 2.13. The van der Waals surface area contributed by atoms with Crippen LogP contribution in [0.3, 0.4) is 0 Å². The first-order valence-electron chi connectivity index (χ1n) is 3.77. The van der Waals surface area contributed by atoms with E-state index >= 15 is 0 Å². The summed E-state index contributed by atoms with van der Waals surface area (Å²) >= 11 is 0. The summed E-state index contributed by atoms with van der Waals surface area (Å²) in [6, 6.07) is 0. The van der Waals surface area contributed by atoms with E-state index in [0.717, 1.165) is 6.42 Å². The van der Waals surface area contributed by atoms with E-state index in [9.17, 15) is 0 Å². The van der Waals surface area contributed by atoms with Gasteiger partial charge in [-0.1, -0.05) is 12.2 Å². The molecule has 9 heavy (non-hydrogen) atoms. The highest BCUT2D eigenvalue weighted by atomic mass is 16.5. The summed E-state index contributed by atoms with van der Waals surface area (Å²) in [5, 5.41) is 0. The Bertz CT molecular complexity index is 129. The van der Waals surface area contributed by atoms with Gasteiger partial charge >= 0.3 is 0 Å². The number of rotatable bonds is 0. The second-order valence-electron chi connectivity index (χ2n) is 2.89. The molecule has 1 fully saturated rings. The Morgan fingerprint density at radius 3 is 3.11 bits per heavy atom. The van der Waals surface area contributed by atoms with E-state index in [1.165, 1.54) is 19.3 Å². The van der Waals surface area contributed by atoms with E-state index in [-0.39, 0.29) is 0 Å². The van der Waals surface area contributed by atoms with E-state index in [1.54, 1.807) is 0 Å². The maximum atomic E-state index is 5.64. The second kappa shape index (κ2) is 2.14. The van der Waals surface area contributed by atoms with Gasteiger partial charge in [0.2, 0.25) is 0 Å². The summed E-state index contributed by atoms with van der Waals surface area (Å²) in [6.45, 7) is 0. The highest BCUT2D eigenvalue weighted by Crippen LogP contribution is 2.25. The number of fused-ring (bicyclic) bond motifs is 2. The predicted molar refractivity (Wildman–Crippen MR) is 36.3 cm³/mol. The molecule has 0 spiro atoms. The van der Waals surface area contributed by atoms with Crippen LogP contribution in [0.15, 0.2) is 12.2 Å².